The Labute approximate surface area is 432 Å². The number of nitrogens with zero attached hydrogens (tertiary/aromatic N) is 7. The smallest absolute Gasteiger partial charge is 0.0991 e. The number of fused-ring (bicyclic) bond motifs is 9. The molecule has 7 nitrogen and oxygen atoms in total. The number of rotatable bonds is 7. The van der Waals surface area contributed by atoms with E-state index in [1.54, 1.807) is 0 Å². The van der Waals surface area contributed by atoms with Gasteiger partial charge in [-0.25, -0.2) is 0 Å². The fourth-order valence-corrected chi connectivity index (χ4v) is 11.5. The van der Waals surface area contributed by atoms with Crippen LogP contribution in [-0.2, 0) is 0 Å². The summed E-state index contributed by atoms with van der Waals surface area (Å²) in [5.41, 5.74) is 21.7. The summed E-state index contributed by atoms with van der Waals surface area (Å²) in [7, 11) is 0. The molecule has 0 unspecified atom stereocenters. The number of benzene rings is 9. The maximum absolute atomic E-state index is 9.32. The number of pyridine rings is 2. The molecule has 5 aromatic heterocycles. The van der Waals surface area contributed by atoms with E-state index in [4.69, 9.17) is 9.97 Å². The minimum absolute atomic E-state index is 0.649. The predicted molar refractivity (Wildman–Crippen MR) is 306 cm³/mol. The van der Waals surface area contributed by atoms with Crippen LogP contribution in [-0.4, -0.2) is 23.7 Å². The summed E-state index contributed by atoms with van der Waals surface area (Å²) >= 11 is 0. The number of para-hydroxylation sites is 3. The Morgan fingerprint density at radius 3 is 1.11 bits per heavy atom. The van der Waals surface area contributed by atoms with Crippen molar-refractivity contribution in [3.8, 4) is 74.0 Å². The highest BCUT2D eigenvalue weighted by atomic mass is 15.0. The average Bonchev–Trinajstić information content (AvgIpc) is 4.18. The van der Waals surface area contributed by atoms with E-state index in [9.17, 15) is 10.5 Å². The standard InChI is InChI=1S/C68H43N7/c1-42-32-50(61-36-57-55-12-6-8-14-63(55)73(65(57)40-71-61)53-28-24-48(25-29-53)46-20-16-44(38-69)17-21-46)34-59-60-35-51(33-43(2)68(60)75(67(42)59)52-10-4-3-5-11-52)62-37-58-56-13-7-9-15-64(56)74(66(58)41-72-62)54-30-26-49(27-31-54)47-22-18-45(39-70)19-23-47/h3-37,40-41H,1-2H3. The second kappa shape index (κ2) is 17.2. The monoisotopic (exact) mass is 957 g/mol. The Morgan fingerprint density at radius 1 is 0.320 bits per heavy atom. The van der Waals surface area contributed by atoms with E-state index in [1.165, 1.54) is 11.0 Å². The first kappa shape index (κ1) is 43.4. The van der Waals surface area contributed by atoms with Crippen LogP contribution in [0.15, 0.2) is 225 Å². The first-order chi connectivity index (χ1) is 36.9. The third-order valence-electron chi connectivity index (χ3n) is 15.0. The normalized spacial score (nSPS) is 11.6. The van der Waals surface area contributed by atoms with Crippen molar-refractivity contribution in [1.82, 2.24) is 23.7 Å². The summed E-state index contributed by atoms with van der Waals surface area (Å²) in [5, 5.41) is 25.6. The quantitative estimate of drug-likeness (QED) is 0.159. The summed E-state index contributed by atoms with van der Waals surface area (Å²) in [4.78, 5) is 10.5. The number of hydrogen-bond acceptors (Lipinski definition) is 4. The molecule has 0 amide bonds. The van der Waals surface area contributed by atoms with Crippen molar-refractivity contribution >= 4 is 65.4 Å². The second-order valence-electron chi connectivity index (χ2n) is 19.4. The van der Waals surface area contributed by atoms with Crippen molar-refractivity contribution in [1.29, 1.82) is 10.5 Å². The predicted octanol–water partition coefficient (Wildman–Crippen LogP) is 16.8. The lowest BCUT2D eigenvalue weighted by molar-refractivity contribution is 1.15. The fraction of sp³-hybridized carbons (Fsp3) is 0.0294. The Balaban J connectivity index is 0.895. The van der Waals surface area contributed by atoms with Gasteiger partial charge >= 0.3 is 0 Å². The number of nitriles is 2. The molecule has 0 saturated heterocycles. The average molecular weight is 958 g/mol. The SMILES string of the molecule is Cc1cc(-c2cc3c4ccccc4n(-c4ccc(-c5ccc(C#N)cc5)cc4)c3cn2)cc2c3cc(-c4cc5c6ccccc6n(-c6ccc(-c7ccc(C#N)cc7)cc6)c5cn4)cc(C)c3n(-c3ccccc3)c12. The van der Waals surface area contributed by atoms with Crippen molar-refractivity contribution in [3.05, 3.63) is 247 Å². The lowest BCUT2D eigenvalue weighted by atomic mass is 9.99. The molecule has 0 fully saturated rings. The third-order valence-corrected chi connectivity index (χ3v) is 15.0. The molecule has 0 aliphatic carbocycles. The molecule has 0 radical (unpaired) electrons. The van der Waals surface area contributed by atoms with Crippen molar-refractivity contribution in [2.75, 3.05) is 0 Å². The Bertz CT molecular complexity index is 4420. The van der Waals surface area contributed by atoms with Crippen LogP contribution in [0.2, 0.25) is 0 Å². The molecule has 0 atom stereocenters. The van der Waals surface area contributed by atoms with Crippen LogP contribution in [0.5, 0.6) is 0 Å². The third kappa shape index (κ3) is 7.02. The Hall–Kier alpha value is -10.3. The van der Waals surface area contributed by atoms with E-state index >= 15 is 0 Å². The van der Waals surface area contributed by atoms with Gasteiger partial charge in [-0.05, 0) is 156 Å². The molecule has 350 valence electrons. The highest BCUT2D eigenvalue weighted by Gasteiger charge is 2.22. The molecule has 0 aliphatic rings. The van der Waals surface area contributed by atoms with Gasteiger partial charge in [0.15, 0.2) is 0 Å². The zero-order valence-corrected chi connectivity index (χ0v) is 41.0. The molecule has 0 saturated carbocycles. The van der Waals surface area contributed by atoms with Gasteiger partial charge in [-0.3, -0.25) is 9.97 Å². The largest absolute Gasteiger partial charge is 0.309 e. The molecular weight excluding hydrogens is 915 g/mol. The zero-order valence-electron chi connectivity index (χ0n) is 41.0. The minimum atomic E-state index is 0.649. The van der Waals surface area contributed by atoms with Crippen LogP contribution >= 0.6 is 0 Å². The fourth-order valence-electron chi connectivity index (χ4n) is 11.5. The van der Waals surface area contributed by atoms with Crippen LogP contribution in [0.3, 0.4) is 0 Å². The van der Waals surface area contributed by atoms with Crippen molar-refractivity contribution < 1.29 is 0 Å². The summed E-state index contributed by atoms with van der Waals surface area (Å²) in [5.74, 6) is 0. The summed E-state index contributed by atoms with van der Waals surface area (Å²) in [6.07, 6.45) is 4.05. The summed E-state index contributed by atoms with van der Waals surface area (Å²) in [6, 6.07) is 78.7. The lowest BCUT2D eigenvalue weighted by Crippen LogP contribution is -1.97. The van der Waals surface area contributed by atoms with Gasteiger partial charge in [0.2, 0.25) is 0 Å². The van der Waals surface area contributed by atoms with Gasteiger partial charge in [-0.1, -0.05) is 103 Å². The van der Waals surface area contributed by atoms with Gasteiger partial charge in [0.1, 0.15) is 0 Å². The van der Waals surface area contributed by atoms with Crippen LogP contribution in [0, 0.1) is 36.5 Å². The Kier molecular flexibility index (Phi) is 9.95. The molecule has 0 bridgehead atoms. The zero-order chi connectivity index (χ0) is 50.3. The molecule has 75 heavy (non-hydrogen) atoms. The minimum Gasteiger partial charge on any atom is -0.309 e. The van der Waals surface area contributed by atoms with Gasteiger partial charge in [-0.15, -0.1) is 0 Å². The van der Waals surface area contributed by atoms with Crippen LogP contribution in [0.1, 0.15) is 22.3 Å². The summed E-state index contributed by atoms with van der Waals surface area (Å²) < 4.78 is 7.03. The van der Waals surface area contributed by atoms with Crippen LogP contribution in [0.4, 0.5) is 0 Å². The van der Waals surface area contributed by atoms with Gasteiger partial charge < -0.3 is 13.7 Å². The number of aromatic nitrogens is 5. The molecular formula is C68H43N7. The van der Waals surface area contributed by atoms with Crippen LogP contribution in [0.25, 0.3) is 127 Å². The topological polar surface area (TPSA) is 88.2 Å². The molecule has 0 spiro atoms. The van der Waals surface area contributed by atoms with E-state index in [1.807, 2.05) is 60.9 Å². The summed E-state index contributed by atoms with van der Waals surface area (Å²) in [6.45, 7) is 4.44. The molecule has 7 heteroatoms. The van der Waals surface area contributed by atoms with E-state index in [0.717, 1.165) is 127 Å². The molecule has 0 N–H and O–H groups in total. The second-order valence-corrected chi connectivity index (χ2v) is 19.4. The number of hydrogen-bond donors (Lipinski definition) is 0. The molecule has 14 aromatic rings. The van der Waals surface area contributed by atoms with E-state index in [2.05, 4.69) is 203 Å². The van der Waals surface area contributed by atoms with Gasteiger partial charge in [0, 0.05) is 60.5 Å². The molecule has 14 rings (SSSR count). The Morgan fingerprint density at radius 2 is 0.693 bits per heavy atom. The first-order valence-electron chi connectivity index (χ1n) is 25.1. The number of aryl methyl sites for hydroxylation is 2. The maximum atomic E-state index is 9.32. The van der Waals surface area contributed by atoms with E-state index in [-0.39, 0.29) is 0 Å². The van der Waals surface area contributed by atoms with E-state index < -0.39 is 0 Å². The molecule has 9 aromatic carbocycles. The van der Waals surface area contributed by atoms with Gasteiger partial charge in [0.05, 0.1) is 80.1 Å². The highest BCUT2D eigenvalue weighted by Crippen LogP contribution is 2.43. The van der Waals surface area contributed by atoms with Crippen molar-refractivity contribution in [3.63, 3.8) is 0 Å². The highest BCUT2D eigenvalue weighted by molar-refractivity contribution is 6.15. The maximum Gasteiger partial charge on any atom is 0.0991 e. The van der Waals surface area contributed by atoms with Crippen LogP contribution < -0.4 is 0 Å². The van der Waals surface area contributed by atoms with Crippen molar-refractivity contribution in [2.45, 2.75) is 13.8 Å². The molecule has 5 heterocycles. The molecule has 0 aliphatic heterocycles. The first-order valence-corrected chi connectivity index (χ1v) is 25.1. The van der Waals surface area contributed by atoms with Crippen molar-refractivity contribution in [2.24, 2.45) is 0 Å². The van der Waals surface area contributed by atoms with Gasteiger partial charge in [-0.2, -0.15) is 10.5 Å². The van der Waals surface area contributed by atoms with E-state index in [0.29, 0.717) is 11.1 Å². The van der Waals surface area contributed by atoms with Gasteiger partial charge in [0.25, 0.3) is 0 Å². The lowest BCUT2D eigenvalue weighted by Gasteiger charge is -2.12.